The van der Waals surface area contributed by atoms with Gasteiger partial charge in [-0.1, -0.05) is 46.9 Å². The zero-order valence-corrected chi connectivity index (χ0v) is 15.1. The summed E-state index contributed by atoms with van der Waals surface area (Å²) in [6, 6.07) is 13.3. The molecule has 2 aromatic carbocycles. The normalized spacial score (nSPS) is 25.1. The second kappa shape index (κ2) is 6.58. The fraction of sp³-hybridized carbons (Fsp3) is 0.316. The summed E-state index contributed by atoms with van der Waals surface area (Å²) in [6.07, 6.45) is -0.454. The van der Waals surface area contributed by atoms with Crippen molar-refractivity contribution >= 4 is 23.2 Å². The Kier molecular flexibility index (Phi) is 4.36. The molecular weight excluding hydrogens is 373 g/mol. The predicted octanol–water partition coefficient (Wildman–Crippen LogP) is 2.87. The van der Waals surface area contributed by atoms with Crippen LogP contribution in [0.5, 0.6) is 0 Å². The van der Waals surface area contributed by atoms with Crippen molar-refractivity contribution in [2.24, 2.45) is 0 Å². The number of hydrogen-bond donors (Lipinski definition) is 1. The van der Waals surface area contributed by atoms with Crippen molar-refractivity contribution in [1.29, 1.82) is 0 Å². The SMILES string of the molecule is O=C1CN(c2ccc(Cl)cc2F)[N+](=O)C2(CC(O)C2)N1Cc1ccccc1. The van der Waals surface area contributed by atoms with E-state index in [0.29, 0.717) is 4.87 Å². The van der Waals surface area contributed by atoms with Crippen molar-refractivity contribution in [2.45, 2.75) is 31.2 Å². The van der Waals surface area contributed by atoms with Crippen LogP contribution in [0.2, 0.25) is 5.02 Å². The van der Waals surface area contributed by atoms with E-state index in [1.807, 2.05) is 30.3 Å². The summed E-state index contributed by atoms with van der Waals surface area (Å²) in [5.41, 5.74) is -0.356. The van der Waals surface area contributed by atoms with Gasteiger partial charge in [-0.2, -0.15) is 0 Å². The standard InChI is InChI=1S/C19H18ClFN3O3/c20-14-6-7-17(16(21)8-14)23-12-18(26)22(11-13-4-2-1-3-5-13)19(24(23)27)9-15(25)10-19/h1-8,15,25H,9-12H2/q+1. The first-order chi connectivity index (χ1) is 12.9. The van der Waals surface area contributed by atoms with Gasteiger partial charge >= 0.3 is 5.66 Å². The minimum absolute atomic E-state index is 0.0112. The Morgan fingerprint density at radius 1 is 1.22 bits per heavy atom. The molecule has 0 radical (unpaired) electrons. The molecule has 1 heterocycles. The minimum atomic E-state index is -1.23. The summed E-state index contributed by atoms with van der Waals surface area (Å²) in [7, 11) is 0. The van der Waals surface area contributed by atoms with Crippen LogP contribution in [-0.4, -0.2) is 39.1 Å². The molecule has 1 aliphatic heterocycles. The fourth-order valence-electron chi connectivity index (χ4n) is 3.78. The third-order valence-corrected chi connectivity index (χ3v) is 5.40. The summed E-state index contributed by atoms with van der Waals surface area (Å²) in [6.45, 7) is -0.0329. The Hall–Kier alpha value is -2.51. The van der Waals surface area contributed by atoms with E-state index < -0.39 is 17.6 Å². The smallest absolute Gasteiger partial charge is 0.325 e. The van der Waals surface area contributed by atoms with E-state index in [1.165, 1.54) is 17.0 Å². The van der Waals surface area contributed by atoms with Gasteiger partial charge in [0.25, 0.3) is 5.91 Å². The van der Waals surface area contributed by atoms with E-state index in [2.05, 4.69) is 0 Å². The second-order valence-electron chi connectivity index (χ2n) is 6.94. The summed E-state index contributed by atoms with van der Waals surface area (Å²) < 4.78 is 14.4. The van der Waals surface area contributed by atoms with Crippen LogP contribution in [0.4, 0.5) is 10.1 Å². The zero-order chi connectivity index (χ0) is 19.2. The first-order valence-electron chi connectivity index (χ1n) is 8.63. The van der Waals surface area contributed by atoms with Gasteiger partial charge in [0.2, 0.25) is 0 Å². The Morgan fingerprint density at radius 2 is 1.93 bits per heavy atom. The van der Waals surface area contributed by atoms with Crippen LogP contribution < -0.4 is 5.01 Å². The van der Waals surface area contributed by atoms with Gasteiger partial charge < -0.3 is 5.11 Å². The molecule has 0 bridgehead atoms. The number of halogens is 2. The highest BCUT2D eigenvalue weighted by Gasteiger charge is 2.68. The number of hydrazine groups is 1. The van der Waals surface area contributed by atoms with Gasteiger partial charge in [0.1, 0.15) is 5.69 Å². The highest BCUT2D eigenvalue weighted by molar-refractivity contribution is 6.30. The molecule has 1 spiro atoms. The summed E-state index contributed by atoms with van der Waals surface area (Å²) in [5, 5.41) is 11.2. The maximum Gasteiger partial charge on any atom is 0.325 e. The number of rotatable bonds is 3. The quantitative estimate of drug-likeness (QED) is 0.818. The van der Waals surface area contributed by atoms with E-state index in [0.717, 1.165) is 16.6 Å². The third-order valence-electron chi connectivity index (χ3n) is 5.16. The van der Waals surface area contributed by atoms with Crippen LogP contribution in [0, 0.1) is 10.7 Å². The first-order valence-corrected chi connectivity index (χ1v) is 9.01. The topological polar surface area (TPSA) is 63.9 Å². The van der Waals surface area contributed by atoms with Crippen LogP contribution in [-0.2, 0) is 11.3 Å². The van der Waals surface area contributed by atoms with Gasteiger partial charge in [-0.05, 0) is 23.8 Å². The summed E-state index contributed by atoms with van der Waals surface area (Å²) in [4.78, 5) is 28.2. The molecular formula is C19H18ClFN3O3+. The molecule has 1 amide bonds. The summed E-state index contributed by atoms with van der Waals surface area (Å²) >= 11 is 5.79. The molecule has 2 aromatic rings. The van der Waals surface area contributed by atoms with Gasteiger partial charge in [0.05, 0.1) is 30.4 Å². The van der Waals surface area contributed by atoms with Crippen molar-refractivity contribution in [3.8, 4) is 0 Å². The number of anilines is 1. The van der Waals surface area contributed by atoms with Crippen LogP contribution in [0.1, 0.15) is 18.4 Å². The molecule has 140 valence electrons. The molecule has 0 unspecified atom stereocenters. The lowest BCUT2D eigenvalue weighted by atomic mass is 9.79. The van der Waals surface area contributed by atoms with Crippen LogP contribution in [0.15, 0.2) is 48.5 Å². The van der Waals surface area contributed by atoms with Crippen molar-refractivity contribution < 1.29 is 19.2 Å². The van der Waals surface area contributed by atoms with Gasteiger partial charge in [0.15, 0.2) is 17.2 Å². The average Bonchev–Trinajstić information content (AvgIpc) is 2.61. The molecule has 2 fully saturated rings. The number of aliphatic hydroxyl groups excluding tert-OH is 1. The van der Waals surface area contributed by atoms with E-state index in [9.17, 15) is 19.2 Å². The fourth-order valence-corrected chi connectivity index (χ4v) is 3.94. The largest absolute Gasteiger partial charge is 0.392 e. The summed E-state index contributed by atoms with van der Waals surface area (Å²) in [5.74, 6) is -0.977. The monoisotopic (exact) mass is 390 g/mol. The number of benzene rings is 2. The van der Waals surface area contributed by atoms with E-state index in [1.54, 1.807) is 0 Å². The molecule has 4 rings (SSSR count). The lowest BCUT2D eigenvalue weighted by Gasteiger charge is -2.48. The molecule has 1 saturated heterocycles. The molecule has 1 aliphatic carbocycles. The maximum atomic E-state index is 14.4. The van der Waals surface area contributed by atoms with Crippen molar-refractivity contribution in [1.82, 2.24) is 4.90 Å². The Bertz CT molecular complexity index is 902. The van der Waals surface area contributed by atoms with Crippen molar-refractivity contribution in [3.63, 3.8) is 0 Å². The Morgan fingerprint density at radius 3 is 2.56 bits per heavy atom. The lowest BCUT2D eigenvalue weighted by molar-refractivity contribution is -0.686. The highest BCUT2D eigenvalue weighted by Crippen LogP contribution is 2.43. The van der Waals surface area contributed by atoms with Crippen molar-refractivity contribution in [2.75, 3.05) is 11.6 Å². The Labute approximate surface area is 160 Å². The Balaban J connectivity index is 1.69. The third kappa shape index (κ3) is 2.96. The maximum absolute atomic E-state index is 14.4. The average molecular weight is 391 g/mol. The van der Waals surface area contributed by atoms with E-state index in [-0.39, 0.29) is 42.5 Å². The van der Waals surface area contributed by atoms with Gasteiger partial charge in [-0.25, -0.2) is 4.39 Å². The van der Waals surface area contributed by atoms with Crippen LogP contribution in [0.3, 0.4) is 0 Å². The van der Waals surface area contributed by atoms with Crippen molar-refractivity contribution in [3.05, 3.63) is 69.8 Å². The van der Waals surface area contributed by atoms with Gasteiger partial charge in [-0.15, -0.1) is 0 Å². The molecule has 6 nitrogen and oxygen atoms in total. The molecule has 0 atom stereocenters. The number of hydrogen-bond acceptors (Lipinski definition) is 3. The molecule has 1 saturated carbocycles. The number of carbonyl (C=O) groups excluding carboxylic acids is 1. The van der Waals surface area contributed by atoms with Gasteiger partial charge in [-0.3, -0.25) is 9.69 Å². The molecule has 8 heteroatoms. The zero-order valence-electron chi connectivity index (χ0n) is 14.4. The van der Waals surface area contributed by atoms with Crippen LogP contribution in [0.25, 0.3) is 0 Å². The molecule has 0 aromatic heterocycles. The predicted molar refractivity (Wildman–Crippen MR) is 97.3 cm³/mol. The van der Waals surface area contributed by atoms with Crippen LogP contribution >= 0.6 is 11.6 Å². The number of nitrogens with zero attached hydrogens (tertiary/aromatic N) is 3. The molecule has 27 heavy (non-hydrogen) atoms. The molecule has 1 N–H and O–H groups in total. The minimum Gasteiger partial charge on any atom is -0.392 e. The molecule has 2 aliphatic rings. The number of nitroso groups, excluding NO2 is 1. The number of amides is 1. The highest BCUT2D eigenvalue weighted by atomic mass is 35.5. The lowest BCUT2D eigenvalue weighted by Crippen LogP contribution is -2.74. The number of aliphatic hydroxyl groups is 1. The first kappa shape index (κ1) is 17.9. The second-order valence-corrected chi connectivity index (χ2v) is 7.37. The number of carbonyl (C=O) groups is 1. The van der Waals surface area contributed by atoms with Gasteiger partial charge in [0, 0.05) is 5.02 Å². The van der Waals surface area contributed by atoms with E-state index >= 15 is 0 Å². The van der Waals surface area contributed by atoms with E-state index in [4.69, 9.17) is 11.6 Å².